The zero-order chi connectivity index (χ0) is 19.3. The van der Waals surface area contributed by atoms with Crippen LogP contribution in [0.5, 0.6) is 0 Å². The summed E-state index contributed by atoms with van der Waals surface area (Å²) < 4.78 is 10.0. The van der Waals surface area contributed by atoms with Gasteiger partial charge in [0, 0.05) is 0 Å². The molecular weight excluding hydrogens is 352 g/mol. The highest BCUT2D eigenvalue weighted by Crippen LogP contribution is 2.29. The number of hydrogen-bond acceptors (Lipinski definition) is 6. The summed E-state index contributed by atoms with van der Waals surface area (Å²) in [6.07, 6.45) is -0.553. The lowest BCUT2D eigenvalue weighted by Crippen LogP contribution is -2.35. The second kappa shape index (κ2) is 8.31. The maximum Gasteiger partial charge on any atom is 0.408 e. The van der Waals surface area contributed by atoms with Crippen molar-refractivity contribution in [1.82, 2.24) is 10.3 Å². The number of ether oxygens (including phenoxy) is 2. The summed E-state index contributed by atoms with van der Waals surface area (Å²) >= 11 is 1.57. The van der Waals surface area contributed by atoms with Gasteiger partial charge in [-0.05, 0) is 38.8 Å². The first-order valence-electron chi connectivity index (χ1n) is 8.26. The Balaban J connectivity index is 2.20. The molecular formula is C19H24N2O4S. The van der Waals surface area contributed by atoms with Gasteiger partial charge < -0.3 is 14.8 Å². The maximum absolute atomic E-state index is 12.1. The molecule has 1 atom stereocenters. The average molecular weight is 376 g/mol. The van der Waals surface area contributed by atoms with E-state index in [1.54, 1.807) is 32.1 Å². The van der Waals surface area contributed by atoms with Gasteiger partial charge >= 0.3 is 12.1 Å². The van der Waals surface area contributed by atoms with Crippen LogP contribution in [0.2, 0.25) is 0 Å². The van der Waals surface area contributed by atoms with Gasteiger partial charge in [0.1, 0.15) is 5.60 Å². The Kier molecular flexibility index (Phi) is 6.37. The van der Waals surface area contributed by atoms with E-state index in [0.29, 0.717) is 0 Å². The van der Waals surface area contributed by atoms with Crippen LogP contribution < -0.4 is 5.32 Å². The van der Waals surface area contributed by atoms with Crippen molar-refractivity contribution in [2.75, 3.05) is 7.11 Å². The highest BCUT2D eigenvalue weighted by Gasteiger charge is 2.23. The van der Waals surface area contributed by atoms with E-state index in [1.807, 2.05) is 36.7 Å². The van der Waals surface area contributed by atoms with Gasteiger partial charge in [0.05, 0.1) is 35.7 Å². The minimum Gasteiger partial charge on any atom is -0.469 e. The number of carbonyl (C=O) groups is 2. The van der Waals surface area contributed by atoms with E-state index in [4.69, 9.17) is 9.47 Å². The highest BCUT2D eigenvalue weighted by atomic mass is 32.1. The highest BCUT2D eigenvalue weighted by molar-refractivity contribution is 7.13. The van der Waals surface area contributed by atoms with E-state index >= 15 is 0 Å². The van der Waals surface area contributed by atoms with Crippen LogP contribution in [-0.4, -0.2) is 29.8 Å². The number of aromatic nitrogens is 1. The summed E-state index contributed by atoms with van der Waals surface area (Å²) in [5, 5.41) is 2.75. The van der Waals surface area contributed by atoms with Crippen molar-refractivity contribution in [3.05, 3.63) is 41.0 Å². The first kappa shape index (κ1) is 19.9. The van der Waals surface area contributed by atoms with Crippen LogP contribution in [0.15, 0.2) is 29.8 Å². The number of esters is 1. The standard InChI is InChI=1S/C19H24N2O4S/c1-12-17(26-11-20-12)14-8-6-13(7-9-14)15(10-16(22)24-5)21-18(23)25-19(2,3)4/h6-9,11,15H,10H2,1-5H3,(H,21,23)/t15-/m1/s1. The first-order chi connectivity index (χ1) is 12.2. The fourth-order valence-corrected chi connectivity index (χ4v) is 3.21. The second-order valence-corrected chi connectivity index (χ2v) is 7.72. The largest absolute Gasteiger partial charge is 0.469 e. The number of alkyl carbamates (subject to hydrolysis) is 1. The van der Waals surface area contributed by atoms with Crippen molar-refractivity contribution in [2.24, 2.45) is 0 Å². The third-order valence-corrected chi connectivity index (χ3v) is 4.59. The fraction of sp³-hybridized carbons (Fsp3) is 0.421. The predicted molar refractivity (Wildman–Crippen MR) is 101 cm³/mol. The van der Waals surface area contributed by atoms with E-state index in [0.717, 1.165) is 21.7 Å². The number of methoxy groups -OCH3 is 1. The summed E-state index contributed by atoms with van der Waals surface area (Å²) in [5.74, 6) is -0.409. The Bertz CT molecular complexity index is 763. The molecule has 0 aliphatic carbocycles. The van der Waals surface area contributed by atoms with Gasteiger partial charge in [0.15, 0.2) is 0 Å². The number of aryl methyl sites for hydroxylation is 1. The molecule has 0 fully saturated rings. The summed E-state index contributed by atoms with van der Waals surface area (Å²) in [6, 6.07) is 7.15. The van der Waals surface area contributed by atoms with E-state index in [2.05, 4.69) is 10.3 Å². The van der Waals surface area contributed by atoms with Gasteiger partial charge in [-0.25, -0.2) is 9.78 Å². The lowest BCUT2D eigenvalue weighted by atomic mass is 10.0. The molecule has 0 saturated carbocycles. The average Bonchev–Trinajstić information content (AvgIpc) is 2.98. The van der Waals surface area contributed by atoms with Crippen molar-refractivity contribution >= 4 is 23.4 Å². The van der Waals surface area contributed by atoms with Gasteiger partial charge in [-0.3, -0.25) is 4.79 Å². The van der Waals surface area contributed by atoms with Crippen molar-refractivity contribution in [2.45, 2.75) is 45.8 Å². The molecule has 0 saturated heterocycles. The number of thiazole rings is 1. The molecule has 2 rings (SSSR count). The molecule has 26 heavy (non-hydrogen) atoms. The summed E-state index contributed by atoms with van der Waals surface area (Å²) in [4.78, 5) is 29.2. The molecule has 140 valence electrons. The number of benzene rings is 1. The smallest absolute Gasteiger partial charge is 0.408 e. The van der Waals surface area contributed by atoms with Crippen LogP contribution in [0.25, 0.3) is 10.4 Å². The Morgan fingerprint density at radius 3 is 2.38 bits per heavy atom. The van der Waals surface area contributed by atoms with Crippen molar-refractivity contribution in [3.8, 4) is 10.4 Å². The lowest BCUT2D eigenvalue weighted by molar-refractivity contribution is -0.141. The molecule has 1 amide bonds. The molecule has 0 aliphatic rings. The van der Waals surface area contributed by atoms with Gasteiger partial charge in [-0.1, -0.05) is 24.3 Å². The van der Waals surface area contributed by atoms with Crippen LogP contribution in [0.4, 0.5) is 4.79 Å². The maximum atomic E-state index is 12.1. The van der Waals surface area contributed by atoms with Crippen molar-refractivity contribution in [3.63, 3.8) is 0 Å². The Hall–Kier alpha value is -2.41. The van der Waals surface area contributed by atoms with E-state index in [-0.39, 0.29) is 6.42 Å². The molecule has 1 aromatic carbocycles. The third-order valence-electron chi connectivity index (χ3n) is 3.61. The van der Waals surface area contributed by atoms with Gasteiger partial charge in [-0.15, -0.1) is 11.3 Å². The predicted octanol–water partition coefficient (Wildman–Crippen LogP) is 4.25. The van der Waals surface area contributed by atoms with Gasteiger partial charge in [0.2, 0.25) is 0 Å². The van der Waals surface area contributed by atoms with Crippen molar-refractivity contribution in [1.29, 1.82) is 0 Å². The lowest BCUT2D eigenvalue weighted by Gasteiger charge is -2.23. The van der Waals surface area contributed by atoms with Crippen LogP contribution >= 0.6 is 11.3 Å². The fourth-order valence-electron chi connectivity index (χ4n) is 2.40. The molecule has 6 nitrogen and oxygen atoms in total. The summed E-state index contributed by atoms with van der Waals surface area (Å²) in [5.41, 5.74) is 4.01. The van der Waals surface area contributed by atoms with Crippen LogP contribution in [0, 0.1) is 6.92 Å². The number of rotatable bonds is 5. The Morgan fingerprint density at radius 1 is 1.23 bits per heavy atom. The molecule has 2 aromatic rings. The van der Waals surface area contributed by atoms with Crippen LogP contribution in [-0.2, 0) is 14.3 Å². The van der Waals surface area contributed by atoms with Gasteiger partial charge in [0.25, 0.3) is 0 Å². The molecule has 1 heterocycles. The minimum absolute atomic E-state index is 0.0225. The van der Waals surface area contributed by atoms with Gasteiger partial charge in [-0.2, -0.15) is 0 Å². The van der Waals surface area contributed by atoms with E-state index < -0.39 is 23.7 Å². The summed E-state index contributed by atoms with van der Waals surface area (Å²) in [6.45, 7) is 7.32. The SMILES string of the molecule is COC(=O)C[C@@H](NC(=O)OC(C)(C)C)c1ccc(-c2scnc2C)cc1. The van der Waals surface area contributed by atoms with E-state index in [1.165, 1.54) is 7.11 Å². The first-order valence-corrected chi connectivity index (χ1v) is 9.14. The molecule has 0 spiro atoms. The number of amides is 1. The quantitative estimate of drug-likeness (QED) is 0.790. The number of nitrogens with one attached hydrogen (secondary N) is 1. The monoisotopic (exact) mass is 376 g/mol. The zero-order valence-corrected chi connectivity index (χ0v) is 16.5. The molecule has 0 aliphatic heterocycles. The second-order valence-electron chi connectivity index (χ2n) is 6.87. The normalized spacial score (nSPS) is 12.3. The molecule has 1 aromatic heterocycles. The topological polar surface area (TPSA) is 77.5 Å². The molecule has 0 unspecified atom stereocenters. The number of nitrogens with zero attached hydrogens (tertiary/aromatic N) is 1. The van der Waals surface area contributed by atoms with E-state index in [9.17, 15) is 9.59 Å². The Morgan fingerprint density at radius 2 is 1.88 bits per heavy atom. The van der Waals surface area contributed by atoms with Crippen LogP contribution in [0.1, 0.15) is 44.5 Å². The number of hydrogen-bond donors (Lipinski definition) is 1. The minimum atomic E-state index is -0.618. The molecule has 0 bridgehead atoms. The molecule has 0 radical (unpaired) electrons. The Labute approximate surface area is 157 Å². The molecule has 7 heteroatoms. The van der Waals surface area contributed by atoms with Crippen LogP contribution in [0.3, 0.4) is 0 Å². The third kappa shape index (κ3) is 5.56. The molecule has 1 N–H and O–H groups in total. The zero-order valence-electron chi connectivity index (χ0n) is 15.7. The number of carbonyl (C=O) groups excluding carboxylic acids is 2. The summed E-state index contributed by atoms with van der Waals surface area (Å²) in [7, 11) is 1.32. The van der Waals surface area contributed by atoms with Crippen molar-refractivity contribution < 1.29 is 19.1 Å².